The standard InChI is InChI=1S/C22H28N2O/c1-17-2-4-18(5-3-17)6-7-19-12-14-24(15-13-19)22(25)21-10-8-20(16-23)9-11-21/h2-5,8-11,19H,6-7,12-16,23H2,1H3. The highest BCUT2D eigenvalue weighted by Gasteiger charge is 2.23. The third kappa shape index (κ3) is 4.70. The van der Waals surface area contributed by atoms with Crippen molar-refractivity contribution in [3.63, 3.8) is 0 Å². The Morgan fingerprint density at radius 2 is 1.60 bits per heavy atom. The smallest absolute Gasteiger partial charge is 0.253 e. The fourth-order valence-electron chi connectivity index (χ4n) is 3.52. The molecule has 132 valence electrons. The molecule has 25 heavy (non-hydrogen) atoms. The number of aryl methyl sites for hydroxylation is 2. The molecule has 1 heterocycles. The van der Waals surface area contributed by atoms with Gasteiger partial charge in [-0.2, -0.15) is 0 Å². The first-order chi connectivity index (χ1) is 12.2. The Balaban J connectivity index is 1.47. The van der Waals surface area contributed by atoms with Gasteiger partial charge in [-0.25, -0.2) is 0 Å². The first-order valence-electron chi connectivity index (χ1n) is 9.29. The van der Waals surface area contributed by atoms with E-state index in [4.69, 9.17) is 5.73 Å². The maximum Gasteiger partial charge on any atom is 0.253 e. The zero-order valence-corrected chi connectivity index (χ0v) is 15.1. The fraction of sp³-hybridized carbons (Fsp3) is 0.409. The van der Waals surface area contributed by atoms with Gasteiger partial charge in [0.05, 0.1) is 0 Å². The Kier molecular flexibility index (Phi) is 5.87. The number of piperidine rings is 1. The Bertz CT molecular complexity index is 683. The van der Waals surface area contributed by atoms with E-state index in [1.165, 1.54) is 17.5 Å². The summed E-state index contributed by atoms with van der Waals surface area (Å²) in [6.45, 7) is 4.38. The van der Waals surface area contributed by atoms with Gasteiger partial charge in [0.1, 0.15) is 0 Å². The molecule has 0 spiro atoms. The molecule has 0 atom stereocenters. The molecule has 2 aromatic rings. The number of hydrogen-bond donors (Lipinski definition) is 1. The monoisotopic (exact) mass is 336 g/mol. The van der Waals surface area contributed by atoms with Crippen molar-refractivity contribution in [3.05, 3.63) is 70.8 Å². The summed E-state index contributed by atoms with van der Waals surface area (Å²) in [6, 6.07) is 16.5. The van der Waals surface area contributed by atoms with Crippen LogP contribution in [-0.2, 0) is 13.0 Å². The molecule has 0 unspecified atom stereocenters. The number of carbonyl (C=O) groups excluding carboxylic acids is 1. The van der Waals surface area contributed by atoms with Gasteiger partial charge in [-0.1, -0.05) is 42.0 Å². The van der Waals surface area contributed by atoms with Crippen molar-refractivity contribution in [3.8, 4) is 0 Å². The number of benzene rings is 2. The predicted molar refractivity (Wildman–Crippen MR) is 102 cm³/mol. The Labute approximate surface area is 150 Å². The quantitative estimate of drug-likeness (QED) is 0.899. The number of amides is 1. The van der Waals surface area contributed by atoms with Gasteiger partial charge in [0.15, 0.2) is 0 Å². The van der Waals surface area contributed by atoms with E-state index in [1.807, 2.05) is 29.2 Å². The van der Waals surface area contributed by atoms with Crippen LogP contribution in [0.4, 0.5) is 0 Å². The van der Waals surface area contributed by atoms with Gasteiger partial charge in [0.25, 0.3) is 5.91 Å². The van der Waals surface area contributed by atoms with Gasteiger partial charge in [0, 0.05) is 25.2 Å². The molecule has 0 saturated carbocycles. The van der Waals surface area contributed by atoms with E-state index in [0.717, 1.165) is 49.4 Å². The molecular formula is C22H28N2O. The lowest BCUT2D eigenvalue weighted by atomic mass is 9.90. The highest BCUT2D eigenvalue weighted by molar-refractivity contribution is 5.94. The minimum atomic E-state index is 0.153. The average Bonchev–Trinajstić information content (AvgIpc) is 2.67. The van der Waals surface area contributed by atoms with Gasteiger partial charge in [-0.3, -0.25) is 4.79 Å². The lowest BCUT2D eigenvalue weighted by molar-refractivity contribution is 0.0687. The Morgan fingerprint density at radius 1 is 1.00 bits per heavy atom. The second kappa shape index (κ2) is 8.30. The summed E-state index contributed by atoms with van der Waals surface area (Å²) in [5, 5.41) is 0. The van der Waals surface area contributed by atoms with Crippen LogP contribution in [0.5, 0.6) is 0 Å². The van der Waals surface area contributed by atoms with Gasteiger partial charge in [-0.05, 0) is 61.8 Å². The lowest BCUT2D eigenvalue weighted by Gasteiger charge is -2.32. The molecule has 0 aromatic heterocycles. The van der Waals surface area contributed by atoms with Crippen molar-refractivity contribution in [2.75, 3.05) is 13.1 Å². The second-order valence-corrected chi connectivity index (χ2v) is 7.16. The van der Waals surface area contributed by atoms with Crippen LogP contribution in [0.1, 0.15) is 46.3 Å². The van der Waals surface area contributed by atoms with E-state index in [0.29, 0.717) is 6.54 Å². The fourth-order valence-corrected chi connectivity index (χ4v) is 3.52. The van der Waals surface area contributed by atoms with E-state index >= 15 is 0 Å². The minimum Gasteiger partial charge on any atom is -0.339 e. The van der Waals surface area contributed by atoms with Crippen molar-refractivity contribution >= 4 is 5.91 Å². The maximum absolute atomic E-state index is 12.6. The van der Waals surface area contributed by atoms with Crippen molar-refractivity contribution in [2.45, 2.75) is 39.2 Å². The lowest BCUT2D eigenvalue weighted by Crippen LogP contribution is -2.38. The second-order valence-electron chi connectivity index (χ2n) is 7.16. The molecular weight excluding hydrogens is 308 g/mol. The van der Waals surface area contributed by atoms with Crippen LogP contribution < -0.4 is 5.73 Å². The normalized spacial score (nSPS) is 15.4. The van der Waals surface area contributed by atoms with Crippen LogP contribution in [-0.4, -0.2) is 23.9 Å². The molecule has 3 heteroatoms. The molecule has 2 N–H and O–H groups in total. The van der Waals surface area contributed by atoms with E-state index in [9.17, 15) is 4.79 Å². The summed E-state index contributed by atoms with van der Waals surface area (Å²) in [5.74, 6) is 0.880. The van der Waals surface area contributed by atoms with Crippen LogP contribution in [0.25, 0.3) is 0 Å². The first kappa shape index (κ1) is 17.7. The van der Waals surface area contributed by atoms with E-state index in [1.54, 1.807) is 0 Å². The molecule has 1 amide bonds. The molecule has 1 aliphatic rings. The van der Waals surface area contributed by atoms with Crippen LogP contribution in [0.2, 0.25) is 0 Å². The summed E-state index contributed by atoms with van der Waals surface area (Å²) < 4.78 is 0. The zero-order chi connectivity index (χ0) is 17.6. The maximum atomic E-state index is 12.6. The number of nitrogens with two attached hydrogens (primary N) is 1. The number of carbonyl (C=O) groups is 1. The van der Waals surface area contributed by atoms with Gasteiger partial charge in [-0.15, -0.1) is 0 Å². The summed E-state index contributed by atoms with van der Waals surface area (Å²) >= 11 is 0. The molecule has 3 nitrogen and oxygen atoms in total. The van der Waals surface area contributed by atoms with Crippen LogP contribution in [0.15, 0.2) is 48.5 Å². The van der Waals surface area contributed by atoms with Crippen molar-refractivity contribution < 1.29 is 4.79 Å². The predicted octanol–water partition coefficient (Wildman–Crippen LogP) is 3.94. The largest absolute Gasteiger partial charge is 0.339 e. The van der Waals surface area contributed by atoms with Crippen molar-refractivity contribution in [1.29, 1.82) is 0 Å². The van der Waals surface area contributed by atoms with Crippen LogP contribution in [0, 0.1) is 12.8 Å². The number of likely N-dealkylation sites (tertiary alicyclic amines) is 1. The summed E-state index contributed by atoms with van der Waals surface area (Å²) in [6.07, 6.45) is 4.58. The Morgan fingerprint density at radius 3 is 2.20 bits per heavy atom. The third-order valence-electron chi connectivity index (χ3n) is 5.30. The molecule has 0 radical (unpaired) electrons. The summed E-state index contributed by atoms with van der Waals surface area (Å²) in [5.41, 5.74) is 10.2. The molecule has 1 saturated heterocycles. The molecule has 2 aromatic carbocycles. The molecule has 0 aliphatic carbocycles. The van der Waals surface area contributed by atoms with Crippen LogP contribution >= 0.6 is 0 Å². The first-order valence-corrected chi connectivity index (χ1v) is 9.29. The number of hydrogen-bond acceptors (Lipinski definition) is 2. The minimum absolute atomic E-state index is 0.153. The van der Waals surface area contributed by atoms with Gasteiger partial charge >= 0.3 is 0 Å². The van der Waals surface area contributed by atoms with Crippen molar-refractivity contribution in [1.82, 2.24) is 4.90 Å². The molecule has 0 bridgehead atoms. The number of rotatable bonds is 5. The average molecular weight is 336 g/mol. The van der Waals surface area contributed by atoms with Crippen molar-refractivity contribution in [2.24, 2.45) is 11.7 Å². The highest BCUT2D eigenvalue weighted by atomic mass is 16.2. The molecule has 3 rings (SSSR count). The highest BCUT2D eigenvalue weighted by Crippen LogP contribution is 2.23. The summed E-state index contributed by atoms with van der Waals surface area (Å²) in [7, 11) is 0. The van der Waals surface area contributed by atoms with Gasteiger partial charge in [0.2, 0.25) is 0 Å². The van der Waals surface area contributed by atoms with E-state index < -0.39 is 0 Å². The Hall–Kier alpha value is -2.13. The van der Waals surface area contributed by atoms with E-state index in [-0.39, 0.29) is 5.91 Å². The van der Waals surface area contributed by atoms with E-state index in [2.05, 4.69) is 31.2 Å². The summed E-state index contributed by atoms with van der Waals surface area (Å²) in [4.78, 5) is 14.6. The van der Waals surface area contributed by atoms with Crippen LogP contribution in [0.3, 0.4) is 0 Å². The topological polar surface area (TPSA) is 46.3 Å². The zero-order valence-electron chi connectivity index (χ0n) is 15.1. The number of nitrogens with zero attached hydrogens (tertiary/aromatic N) is 1. The molecule has 1 aliphatic heterocycles. The third-order valence-corrected chi connectivity index (χ3v) is 5.30. The van der Waals surface area contributed by atoms with Gasteiger partial charge < -0.3 is 10.6 Å². The molecule has 1 fully saturated rings. The SMILES string of the molecule is Cc1ccc(CCC2CCN(C(=O)c3ccc(CN)cc3)CC2)cc1.